The van der Waals surface area contributed by atoms with Crippen LogP contribution in [0.2, 0.25) is 0 Å². The molecule has 1 amide bonds. The summed E-state index contributed by atoms with van der Waals surface area (Å²) in [5.41, 5.74) is 5.84. The molecule has 0 aliphatic heterocycles. The number of hydroxylamine groups is 2. The number of nitrogens with one attached hydrogen (secondary N) is 1. The molecule has 0 saturated carbocycles. The Morgan fingerprint density at radius 1 is 1.59 bits per heavy atom. The molecule has 3 N–H and O–H groups in total. The second-order valence-electron chi connectivity index (χ2n) is 3.63. The summed E-state index contributed by atoms with van der Waals surface area (Å²) in [6.07, 6.45) is 0. The van der Waals surface area contributed by atoms with Crippen LogP contribution in [0.1, 0.15) is 6.92 Å². The third kappa shape index (κ3) is 3.40. The van der Waals surface area contributed by atoms with Gasteiger partial charge in [-0.2, -0.15) is 5.06 Å². The average molecular weight is 241 g/mol. The van der Waals surface area contributed by atoms with Crippen molar-refractivity contribution in [3.63, 3.8) is 0 Å². The lowest BCUT2D eigenvalue weighted by Gasteiger charge is -2.21. The lowest BCUT2D eigenvalue weighted by molar-refractivity contribution is -0.154. The van der Waals surface area contributed by atoms with Crippen molar-refractivity contribution in [1.29, 1.82) is 0 Å². The van der Waals surface area contributed by atoms with E-state index in [0.29, 0.717) is 5.69 Å². The number of carbonyl (C=O) groups is 1. The minimum Gasteiger partial charge on any atom is -0.396 e. The van der Waals surface area contributed by atoms with Crippen LogP contribution in [0.4, 0.5) is 15.8 Å². The Bertz CT molecular complexity index is 412. The van der Waals surface area contributed by atoms with Gasteiger partial charge in [0.15, 0.2) is 0 Å². The van der Waals surface area contributed by atoms with Gasteiger partial charge in [-0.25, -0.2) is 4.39 Å². The van der Waals surface area contributed by atoms with Gasteiger partial charge in [-0.15, -0.1) is 0 Å². The van der Waals surface area contributed by atoms with E-state index in [4.69, 9.17) is 10.6 Å². The Morgan fingerprint density at radius 3 is 2.76 bits per heavy atom. The standard InChI is InChI=1S/C11H16FN3O2/c1-7(15(2)17-3)11(16)14-8-4-5-9(12)10(13)6-8/h4-7H,13H2,1-3H3,(H,14,16). The number of benzene rings is 1. The maximum Gasteiger partial charge on any atom is 0.243 e. The van der Waals surface area contributed by atoms with Gasteiger partial charge in [-0.1, -0.05) is 0 Å². The number of anilines is 2. The van der Waals surface area contributed by atoms with Gasteiger partial charge in [0.25, 0.3) is 0 Å². The number of hydrogen-bond acceptors (Lipinski definition) is 4. The molecule has 0 spiro atoms. The van der Waals surface area contributed by atoms with Gasteiger partial charge in [0.2, 0.25) is 5.91 Å². The molecule has 17 heavy (non-hydrogen) atoms. The van der Waals surface area contributed by atoms with Crippen molar-refractivity contribution in [2.75, 3.05) is 25.2 Å². The Morgan fingerprint density at radius 2 is 2.24 bits per heavy atom. The number of nitrogens with zero attached hydrogens (tertiary/aromatic N) is 1. The first-order valence-corrected chi connectivity index (χ1v) is 5.08. The average Bonchev–Trinajstić information content (AvgIpc) is 2.31. The molecule has 0 aromatic heterocycles. The lowest BCUT2D eigenvalue weighted by Crippen LogP contribution is -2.38. The number of hydrogen-bond donors (Lipinski definition) is 2. The lowest BCUT2D eigenvalue weighted by atomic mass is 10.2. The summed E-state index contributed by atoms with van der Waals surface area (Å²) in [5, 5.41) is 4.02. The van der Waals surface area contributed by atoms with E-state index >= 15 is 0 Å². The molecule has 0 radical (unpaired) electrons. The number of halogens is 1. The Kier molecular flexibility index (Phi) is 4.42. The maximum absolute atomic E-state index is 12.9. The van der Waals surface area contributed by atoms with Crippen molar-refractivity contribution < 1.29 is 14.0 Å². The Balaban J connectivity index is 2.71. The van der Waals surface area contributed by atoms with Gasteiger partial charge in [-0.3, -0.25) is 4.79 Å². The van der Waals surface area contributed by atoms with Gasteiger partial charge in [0.1, 0.15) is 11.9 Å². The van der Waals surface area contributed by atoms with E-state index in [1.165, 1.54) is 30.4 Å². The highest BCUT2D eigenvalue weighted by atomic mass is 19.1. The summed E-state index contributed by atoms with van der Waals surface area (Å²) in [7, 11) is 3.11. The topological polar surface area (TPSA) is 67.6 Å². The summed E-state index contributed by atoms with van der Waals surface area (Å²) in [6, 6.07) is 3.55. The van der Waals surface area contributed by atoms with Crippen LogP contribution >= 0.6 is 0 Å². The van der Waals surface area contributed by atoms with E-state index in [-0.39, 0.29) is 11.6 Å². The predicted octanol–water partition coefficient (Wildman–Crippen LogP) is 1.23. The number of amides is 1. The molecule has 6 heteroatoms. The normalized spacial score (nSPS) is 12.5. The van der Waals surface area contributed by atoms with Gasteiger partial charge in [0.05, 0.1) is 12.8 Å². The van der Waals surface area contributed by atoms with E-state index in [1.54, 1.807) is 14.0 Å². The Labute approximate surface area is 99.3 Å². The number of rotatable bonds is 4. The summed E-state index contributed by atoms with van der Waals surface area (Å²) >= 11 is 0. The summed E-state index contributed by atoms with van der Waals surface area (Å²) in [5.74, 6) is -0.773. The van der Waals surface area contributed by atoms with Crippen LogP contribution in [-0.2, 0) is 9.63 Å². The fourth-order valence-corrected chi connectivity index (χ4v) is 1.19. The van der Waals surface area contributed by atoms with Crippen molar-refractivity contribution in [2.24, 2.45) is 0 Å². The maximum atomic E-state index is 12.9. The van der Waals surface area contributed by atoms with Crippen LogP contribution in [0.15, 0.2) is 18.2 Å². The highest BCUT2D eigenvalue weighted by Gasteiger charge is 2.18. The molecule has 0 saturated heterocycles. The molecule has 0 aliphatic rings. The van der Waals surface area contributed by atoms with Gasteiger partial charge in [0, 0.05) is 12.7 Å². The zero-order chi connectivity index (χ0) is 13.0. The molecule has 94 valence electrons. The molecule has 0 bridgehead atoms. The fourth-order valence-electron chi connectivity index (χ4n) is 1.19. The third-order valence-corrected chi connectivity index (χ3v) is 2.48. The van der Waals surface area contributed by atoms with Crippen LogP contribution in [0.5, 0.6) is 0 Å². The SMILES string of the molecule is CON(C)C(C)C(=O)Nc1ccc(F)c(N)c1. The molecular weight excluding hydrogens is 225 g/mol. The zero-order valence-corrected chi connectivity index (χ0v) is 10.0. The van der Waals surface area contributed by atoms with Crippen molar-refractivity contribution in [2.45, 2.75) is 13.0 Å². The van der Waals surface area contributed by atoms with E-state index in [9.17, 15) is 9.18 Å². The fraction of sp³-hybridized carbons (Fsp3) is 0.364. The minimum atomic E-state index is -0.509. The molecule has 5 nitrogen and oxygen atoms in total. The molecule has 0 aliphatic carbocycles. The summed E-state index contributed by atoms with van der Waals surface area (Å²) in [4.78, 5) is 16.6. The zero-order valence-electron chi connectivity index (χ0n) is 10.0. The minimum absolute atomic E-state index is 0.00412. The molecule has 0 heterocycles. The first-order chi connectivity index (χ1) is 7.95. The first-order valence-electron chi connectivity index (χ1n) is 5.08. The third-order valence-electron chi connectivity index (χ3n) is 2.48. The molecule has 0 fully saturated rings. The Hall–Kier alpha value is -1.66. The van der Waals surface area contributed by atoms with E-state index < -0.39 is 11.9 Å². The van der Waals surface area contributed by atoms with Crippen LogP contribution in [0.3, 0.4) is 0 Å². The van der Waals surface area contributed by atoms with Crippen molar-refractivity contribution >= 4 is 17.3 Å². The monoisotopic (exact) mass is 241 g/mol. The second kappa shape index (κ2) is 5.60. The van der Waals surface area contributed by atoms with Gasteiger partial charge in [-0.05, 0) is 25.1 Å². The highest BCUT2D eigenvalue weighted by Crippen LogP contribution is 2.16. The quantitative estimate of drug-likeness (QED) is 0.614. The van der Waals surface area contributed by atoms with E-state index in [1.807, 2.05) is 0 Å². The van der Waals surface area contributed by atoms with Crippen LogP contribution < -0.4 is 11.1 Å². The molecule has 1 unspecified atom stereocenters. The number of nitrogen functional groups attached to an aromatic ring is 1. The summed E-state index contributed by atoms with van der Waals surface area (Å²) < 4.78 is 12.9. The van der Waals surface area contributed by atoms with Crippen LogP contribution in [0, 0.1) is 5.82 Å². The second-order valence-corrected chi connectivity index (χ2v) is 3.63. The highest BCUT2D eigenvalue weighted by molar-refractivity contribution is 5.94. The van der Waals surface area contributed by atoms with Gasteiger partial charge < -0.3 is 15.9 Å². The number of likely N-dealkylation sites (N-methyl/N-ethyl adjacent to an activating group) is 1. The smallest absolute Gasteiger partial charge is 0.243 e. The van der Waals surface area contributed by atoms with Crippen LogP contribution in [-0.4, -0.2) is 31.2 Å². The largest absolute Gasteiger partial charge is 0.396 e. The van der Waals surface area contributed by atoms with Crippen molar-refractivity contribution in [1.82, 2.24) is 5.06 Å². The number of nitrogens with two attached hydrogens (primary N) is 1. The summed E-state index contributed by atoms with van der Waals surface area (Å²) in [6.45, 7) is 1.69. The molecule has 1 aromatic rings. The van der Waals surface area contributed by atoms with E-state index in [2.05, 4.69) is 5.32 Å². The molecule has 1 aromatic carbocycles. The molecular formula is C11H16FN3O2. The van der Waals surface area contributed by atoms with Gasteiger partial charge >= 0.3 is 0 Å². The van der Waals surface area contributed by atoms with E-state index in [0.717, 1.165) is 0 Å². The molecule has 1 rings (SSSR count). The first kappa shape index (κ1) is 13.4. The van der Waals surface area contributed by atoms with Crippen molar-refractivity contribution in [3.05, 3.63) is 24.0 Å². The number of carbonyl (C=O) groups excluding carboxylic acids is 1. The molecule has 1 atom stereocenters. The predicted molar refractivity (Wildman–Crippen MR) is 63.7 cm³/mol. The van der Waals surface area contributed by atoms with Crippen LogP contribution in [0.25, 0.3) is 0 Å². The van der Waals surface area contributed by atoms with Crippen molar-refractivity contribution in [3.8, 4) is 0 Å².